The number of hydroxylamine groups is 2. The minimum absolute atomic E-state index is 0.297. The molecule has 0 aromatic rings. The van der Waals surface area contributed by atoms with Crippen molar-refractivity contribution in [1.29, 1.82) is 0 Å². The Morgan fingerprint density at radius 2 is 2.36 bits per heavy atom. The summed E-state index contributed by atoms with van der Waals surface area (Å²) in [6, 6.07) is 0. The number of hydrogen-bond acceptors (Lipinski definition) is 3. The van der Waals surface area contributed by atoms with Crippen molar-refractivity contribution in [2.45, 2.75) is 26.2 Å². The molecule has 0 saturated carbocycles. The second-order valence-corrected chi connectivity index (χ2v) is 3.01. The van der Waals surface area contributed by atoms with E-state index in [1.165, 1.54) is 12.0 Å². The molecule has 1 saturated heterocycles. The van der Waals surface area contributed by atoms with E-state index in [2.05, 4.69) is 0 Å². The number of carbonyl (C=O) groups is 1. The standard InChI is InChI=1S/C7H11NO2S/c1-6(9)10-8-5-3-2-4-7(8)11/h2-5H2,1H3. The summed E-state index contributed by atoms with van der Waals surface area (Å²) in [7, 11) is 0. The Labute approximate surface area is 71.3 Å². The number of thiocarbonyl (C=S) groups is 1. The van der Waals surface area contributed by atoms with Crippen LogP contribution in [0.15, 0.2) is 0 Å². The largest absolute Gasteiger partial charge is 0.341 e. The summed E-state index contributed by atoms with van der Waals surface area (Å²) in [6.45, 7) is 2.13. The maximum Gasteiger partial charge on any atom is 0.329 e. The molecule has 1 aliphatic heterocycles. The molecule has 0 bridgehead atoms. The van der Waals surface area contributed by atoms with Crippen LogP contribution in [0.1, 0.15) is 26.2 Å². The molecule has 0 aromatic heterocycles. The quantitative estimate of drug-likeness (QED) is 0.559. The molecule has 0 radical (unpaired) electrons. The molecule has 1 aliphatic rings. The van der Waals surface area contributed by atoms with E-state index >= 15 is 0 Å². The lowest BCUT2D eigenvalue weighted by molar-refractivity contribution is -0.170. The summed E-state index contributed by atoms with van der Waals surface area (Å²) in [6.07, 6.45) is 3.02. The van der Waals surface area contributed by atoms with Crippen molar-refractivity contribution in [3.8, 4) is 0 Å². The van der Waals surface area contributed by atoms with Crippen LogP contribution in [0.3, 0.4) is 0 Å². The predicted octanol–water partition coefficient (Wildman–Crippen LogP) is 1.28. The third kappa shape index (κ3) is 2.46. The molecular weight excluding hydrogens is 162 g/mol. The summed E-state index contributed by atoms with van der Waals surface area (Å²) < 4.78 is 0. The van der Waals surface area contributed by atoms with E-state index in [0.717, 1.165) is 30.8 Å². The van der Waals surface area contributed by atoms with Gasteiger partial charge in [0.1, 0.15) is 4.99 Å². The van der Waals surface area contributed by atoms with E-state index in [0.29, 0.717) is 0 Å². The van der Waals surface area contributed by atoms with Crippen LogP contribution < -0.4 is 0 Å². The van der Waals surface area contributed by atoms with Crippen LogP contribution in [0.25, 0.3) is 0 Å². The number of piperidine rings is 1. The molecule has 1 rings (SSSR count). The highest BCUT2D eigenvalue weighted by molar-refractivity contribution is 7.80. The van der Waals surface area contributed by atoms with Crippen molar-refractivity contribution >= 4 is 23.2 Å². The van der Waals surface area contributed by atoms with Gasteiger partial charge in [-0.15, -0.1) is 0 Å². The number of nitrogens with zero attached hydrogens (tertiary/aromatic N) is 1. The second-order valence-electron chi connectivity index (χ2n) is 2.54. The second kappa shape index (κ2) is 3.67. The Bertz CT molecular complexity index is 181. The lowest BCUT2D eigenvalue weighted by Crippen LogP contribution is -2.35. The van der Waals surface area contributed by atoms with E-state index in [4.69, 9.17) is 17.1 Å². The SMILES string of the molecule is CC(=O)ON1CCCCC1=S. The van der Waals surface area contributed by atoms with Gasteiger partial charge in [0.05, 0.1) is 6.54 Å². The van der Waals surface area contributed by atoms with Gasteiger partial charge in [0.25, 0.3) is 0 Å². The summed E-state index contributed by atoms with van der Waals surface area (Å²) in [4.78, 5) is 16.1. The first kappa shape index (κ1) is 8.46. The molecule has 0 unspecified atom stereocenters. The highest BCUT2D eigenvalue weighted by Crippen LogP contribution is 2.12. The van der Waals surface area contributed by atoms with E-state index in [9.17, 15) is 4.79 Å². The first-order chi connectivity index (χ1) is 5.20. The molecule has 1 heterocycles. The van der Waals surface area contributed by atoms with Gasteiger partial charge in [0.2, 0.25) is 0 Å². The van der Waals surface area contributed by atoms with Gasteiger partial charge >= 0.3 is 5.97 Å². The minimum atomic E-state index is -0.297. The predicted molar refractivity (Wildman–Crippen MR) is 44.9 cm³/mol. The van der Waals surface area contributed by atoms with Gasteiger partial charge in [-0.2, -0.15) is 5.06 Å². The zero-order valence-corrected chi connectivity index (χ0v) is 7.32. The average molecular weight is 173 g/mol. The number of rotatable bonds is 1. The first-order valence-corrected chi connectivity index (χ1v) is 4.10. The number of carbonyl (C=O) groups excluding carboxylic acids is 1. The molecule has 0 amide bonds. The van der Waals surface area contributed by atoms with Crippen LogP contribution >= 0.6 is 12.2 Å². The van der Waals surface area contributed by atoms with Crippen LogP contribution in [0.2, 0.25) is 0 Å². The Kier molecular flexibility index (Phi) is 2.82. The molecule has 0 N–H and O–H groups in total. The van der Waals surface area contributed by atoms with Gasteiger partial charge in [-0.25, -0.2) is 0 Å². The van der Waals surface area contributed by atoms with Gasteiger partial charge in [-0.3, -0.25) is 4.79 Å². The van der Waals surface area contributed by atoms with E-state index in [1.807, 2.05) is 0 Å². The van der Waals surface area contributed by atoms with Crippen LogP contribution in [0.5, 0.6) is 0 Å². The van der Waals surface area contributed by atoms with Crippen molar-refractivity contribution in [2.24, 2.45) is 0 Å². The van der Waals surface area contributed by atoms with Crippen molar-refractivity contribution in [3.63, 3.8) is 0 Å². The lowest BCUT2D eigenvalue weighted by Gasteiger charge is -2.26. The minimum Gasteiger partial charge on any atom is -0.341 e. The average Bonchev–Trinajstić information content (AvgIpc) is 1.93. The fraction of sp³-hybridized carbons (Fsp3) is 0.714. The monoisotopic (exact) mass is 173 g/mol. The molecule has 0 aromatic carbocycles. The molecular formula is C7H11NO2S. The number of hydrogen-bond donors (Lipinski definition) is 0. The van der Waals surface area contributed by atoms with Crippen molar-refractivity contribution in [3.05, 3.63) is 0 Å². The lowest BCUT2D eigenvalue weighted by atomic mass is 10.2. The van der Waals surface area contributed by atoms with Gasteiger partial charge in [0.15, 0.2) is 0 Å². The normalized spacial score (nSPS) is 18.3. The smallest absolute Gasteiger partial charge is 0.329 e. The van der Waals surface area contributed by atoms with Gasteiger partial charge in [0, 0.05) is 13.3 Å². The van der Waals surface area contributed by atoms with Gasteiger partial charge < -0.3 is 4.84 Å². The van der Waals surface area contributed by atoms with Crippen molar-refractivity contribution < 1.29 is 9.63 Å². The highest BCUT2D eigenvalue weighted by atomic mass is 32.1. The Morgan fingerprint density at radius 1 is 1.64 bits per heavy atom. The zero-order chi connectivity index (χ0) is 8.27. The molecule has 1 fully saturated rings. The summed E-state index contributed by atoms with van der Waals surface area (Å²) in [5.41, 5.74) is 0. The van der Waals surface area contributed by atoms with Crippen molar-refractivity contribution in [1.82, 2.24) is 5.06 Å². The van der Waals surface area contributed by atoms with Gasteiger partial charge in [-0.1, -0.05) is 12.2 Å². The van der Waals surface area contributed by atoms with E-state index in [-0.39, 0.29) is 5.97 Å². The topological polar surface area (TPSA) is 29.5 Å². The van der Waals surface area contributed by atoms with E-state index < -0.39 is 0 Å². The van der Waals surface area contributed by atoms with Crippen LogP contribution in [-0.2, 0) is 9.63 Å². The first-order valence-electron chi connectivity index (χ1n) is 3.69. The summed E-state index contributed by atoms with van der Waals surface area (Å²) >= 11 is 4.99. The van der Waals surface area contributed by atoms with Crippen LogP contribution in [0, 0.1) is 0 Å². The Balaban J connectivity index is 2.42. The summed E-state index contributed by atoms with van der Waals surface area (Å²) in [5.74, 6) is -0.297. The summed E-state index contributed by atoms with van der Waals surface area (Å²) in [5, 5.41) is 1.52. The Morgan fingerprint density at radius 3 is 2.91 bits per heavy atom. The van der Waals surface area contributed by atoms with E-state index in [1.54, 1.807) is 0 Å². The molecule has 11 heavy (non-hydrogen) atoms. The van der Waals surface area contributed by atoms with Crippen molar-refractivity contribution in [2.75, 3.05) is 6.54 Å². The molecule has 4 heteroatoms. The maximum absolute atomic E-state index is 10.5. The molecule has 0 atom stereocenters. The van der Waals surface area contributed by atoms with Crippen LogP contribution in [0.4, 0.5) is 0 Å². The highest BCUT2D eigenvalue weighted by Gasteiger charge is 2.16. The van der Waals surface area contributed by atoms with Crippen LogP contribution in [-0.4, -0.2) is 22.6 Å². The fourth-order valence-corrected chi connectivity index (χ4v) is 1.31. The molecule has 3 nitrogen and oxygen atoms in total. The third-order valence-electron chi connectivity index (χ3n) is 1.52. The molecule has 0 spiro atoms. The van der Waals surface area contributed by atoms with Gasteiger partial charge in [-0.05, 0) is 12.8 Å². The maximum atomic E-state index is 10.5. The fourth-order valence-electron chi connectivity index (χ4n) is 1.03. The third-order valence-corrected chi connectivity index (χ3v) is 1.93. The zero-order valence-electron chi connectivity index (χ0n) is 6.50. The Hall–Kier alpha value is -0.640. The molecule has 0 aliphatic carbocycles. The molecule has 62 valence electrons.